The van der Waals surface area contributed by atoms with E-state index in [0.717, 1.165) is 20.1 Å². The van der Waals surface area contributed by atoms with Crippen LogP contribution in [0.15, 0.2) is 58.1 Å². The number of aromatic nitrogens is 2. The number of rotatable bonds is 3. The minimum atomic E-state index is -0.210. The third-order valence-electron chi connectivity index (χ3n) is 4.20. The molecular weight excluding hydrogens is 400 g/mol. The fourth-order valence-corrected chi connectivity index (χ4v) is 4.41. The Kier molecular flexibility index (Phi) is 4.01. The van der Waals surface area contributed by atoms with Gasteiger partial charge in [-0.25, -0.2) is 4.98 Å². The van der Waals surface area contributed by atoms with E-state index in [9.17, 15) is 9.59 Å². The van der Waals surface area contributed by atoms with Crippen LogP contribution in [-0.2, 0) is 6.54 Å². The van der Waals surface area contributed by atoms with Crippen LogP contribution in [0.1, 0.15) is 15.2 Å². The summed E-state index contributed by atoms with van der Waals surface area (Å²) in [4.78, 5) is 30.4. The number of fused-ring (bicyclic) bond motifs is 2. The van der Waals surface area contributed by atoms with Gasteiger partial charge in [0.1, 0.15) is 0 Å². The van der Waals surface area contributed by atoms with Crippen molar-refractivity contribution in [2.75, 3.05) is 0 Å². The van der Waals surface area contributed by atoms with E-state index in [-0.39, 0.29) is 17.9 Å². The van der Waals surface area contributed by atoms with E-state index in [4.69, 9.17) is 0 Å². The highest BCUT2D eigenvalue weighted by molar-refractivity contribution is 9.10. The topological polar surface area (TPSA) is 52.0 Å². The summed E-state index contributed by atoms with van der Waals surface area (Å²) in [6, 6.07) is 13.3. The van der Waals surface area contributed by atoms with Crippen molar-refractivity contribution in [1.82, 2.24) is 9.55 Å². The van der Waals surface area contributed by atoms with Crippen LogP contribution in [0.3, 0.4) is 0 Å². The normalized spacial score (nSPS) is 11.3. The molecule has 2 heterocycles. The molecule has 0 radical (unpaired) electrons. The number of nitrogens with zero attached hydrogens (tertiary/aromatic N) is 2. The summed E-state index contributed by atoms with van der Waals surface area (Å²) in [6.07, 6.45) is 1.44. The van der Waals surface area contributed by atoms with Crippen molar-refractivity contribution in [1.29, 1.82) is 0 Å². The summed E-state index contributed by atoms with van der Waals surface area (Å²) in [5, 5.41) is 1.58. The summed E-state index contributed by atoms with van der Waals surface area (Å²) in [7, 11) is 0. The standard InChI is InChI=1S/C19H13BrN2O2S/c1-11-13-4-2-3-5-17(13)25-18(11)16(23)9-22-10-21-15-7-6-12(20)8-14(15)19(22)24/h2-8,10H,9H2,1H3. The second-order valence-corrected chi connectivity index (χ2v) is 7.78. The van der Waals surface area contributed by atoms with Crippen LogP contribution in [0.2, 0.25) is 0 Å². The summed E-state index contributed by atoms with van der Waals surface area (Å²) in [5.74, 6) is -0.0723. The quantitative estimate of drug-likeness (QED) is 0.463. The maximum atomic E-state index is 12.8. The molecule has 4 aromatic rings. The van der Waals surface area contributed by atoms with Gasteiger partial charge >= 0.3 is 0 Å². The molecule has 0 unspecified atom stereocenters. The average Bonchev–Trinajstić information content (AvgIpc) is 2.95. The van der Waals surface area contributed by atoms with Gasteiger partial charge in [0.2, 0.25) is 0 Å². The van der Waals surface area contributed by atoms with Gasteiger partial charge in [-0.3, -0.25) is 14.2 Å². The van der Waals surface area contributed by atoms with Gasteiger partial charge in [-0.05, 0) is 42.1 Å². The zero-order valence-electron chi connectivity index (χ0n) is 13.3. The minimum Gasteiger partial charge on any atom is -0.291 e. The fourth-order valence-electron chi connectivity index (χ4n) is 2.91. The number of aryl methyl sites for hydroxylation is 1. The molecule has 0 aliphatic carbocycles. The molecule has 2 aromatic carbocycles. The highest BCUT2D eigenvalue weighted by atomic mass is 79.9. The number of ketones is 1. The highest BCUT2D eigenvalue weighted by Gasteiger charge is 2.17. The number of hydrogen-bond donors (Lipinski definition) is 0. The molecule has 2 aromatic heterocycles. The lowest BCUT2D eigenvalue weighted by atomic mass is 10.1. The smallest absolute Gasteiger partial charge is 0.261 e. The molecule has 0 atom stereocenters. The number of benzene rings is 2. The van der Waals surface area contributed by atoms with Crippen molar-refractivity contribution in [3.8, 4) is 0 Å². The number of hydrogen-bond acceptors (Lipinski definition) is 4. The van der Waals surface area contributed by atoms with Crippen LogP contribution in [-0.4, -0.2) is 15.3 Å². The minimum absolute atomic E-state index is 0.0120. The summed E-state index contributed by atoms with van der Waals surface area (Å²) >= 11 is 4.84. The Morgan fingerprint density at radius 3 is 2.80 bits per heavy atom. The lowest BCUT2D eigenvalue weighted by Gasteiger charge is -2.06. The van der Waals surface area contributed by atoms with Crippen molar-refractivity contribution >= 4 is 54.0 Å². The average molecular weight is 413 g/mol. The van der Waals surface area contributed by atoms with E-state index in [0.29, 0.717) is 15.8 Å². The predicted molar refractivity (Wildman–Crippen MR) is 105 cm³/mol. The Morgan fingerprint density at radius 1 is 1.20 bits per heavy atom. The molecule has 0 spiro atoms. The van der Waals surface area contributed by atoms with E-state index in [1.54, 1.807) is 12.1 Å². The first-order valence-corrected chi connectivity index (χ1v) is 9.31. The Balaban J connectivity index is 1.75. The lowest BCUT2D eigenvalue weighted by molar-refractivity contribution is 0.0974. The van der Waals surface area contributed by atoms with Crippen molar-refractivity contribution < 1.29 is 4.79 Å². The number of carbonyl (C=O) groups is 1. The lowest BCUT2D eigenvalue weighted by Crippen LogP contribution is -2.24. The summed E-state index contributed by atoms with van der Waals surface area (Å²) < 4.78 is 3.26. The largest absolute Gasteiger partial charge is 0.291 e. The Morgan fingerprint density at radius 2 is 2.00 bits per heavy atom. The molecule has 0 aliphatic rings. The first-order chi connectivity index (χ1) is 12.0. The third kappa shape index (κ3) is 2.81. The molecule has 0 saturated heterocycles. The van der Waals surface area contributed by atoms with Crippen LogP contribution < -0.4 is 5.56 Å². The van der Waals surface area contributed by atoms with Crippen molar-refractivity contribution in [3.05, 3.63) is 74.1 Å². The van der Waals surface area contributed by atoms with Crippen LogP contribution in [0.4, 0.5) is 0 Å². The van der Waals surface area contributed by atoms with Gasteiger partial charge in [0, 0.05) is 9.17 Å². The second-order valence-electron chi connectivity index (χ2n) is 5.81. The number of Topliss-reactive ketones (excluding diaryl/α,β-unsaturated/α-hetero) is 1. The molecule has 124 valence electrons. The third-order valence-corrected chi connectivity index (χ3v) is 6.00. The SMILES string of the molecule is Cc1c(C(=O)Cn2cnc3ccc(Br)cc3c2=O)sc2ccccc12. The monoisotopic (exact) mass is 412 g/mol. The summed E-state index contributed by atoms with van der Waals surface area (Å²) in [5.41, 5.74) is 1.38. The first-order valence-electron chi connectivity index (χ1n) is 7.70. The predicted octanol–water partition coefficient (Wildman–Crippen LogP) is 4.57. The second kappa shape index (κ2) is 6.20. The van der Waals surface area contributed by atoms with Gasteiger partial charge < -0.3 is 0 Å². The Bertz CT molecular complexity index is 1190. The van der Waals surface area contributed by atoms with Crippen LogP contribution in [0.25, 0.3) is 21.0 Å². The van der Waals surface area contributed by atoms with Gasteiger partial charge in [-0.15, -0.1) is 11.3 Å². The molecule has 0 fully saturated rings. The zero-order valence-corrected chi connectivity index (χ0v) is 15.7. The Hall–Kier alpha value is -2.31. The molecule has 6 heteroatoms. The maximum absolute atomic E-state index is 12.8. The molecule has 25 heavy (non-hydrogen) atoms. The molecule has 4 nitrogen and oxygen atoms in total. The van der Waals surface area contributed by atoms with E-state index in [2.05, 4.69) is 20.9 Å². The van der Waals surface area contributed by atoms with Crippen LogP contribution >= 0.6 is 27.3 Å². The van der Waals surface area contributed by atoms with Gasteiger partial charge in [-0.2, -0.15) is 0 Å². The number of carbonyl (C=O) groups excluding carboxylic acids is 1. The van der Waals surface area contributed by atoms with E-state index >= 15 is 0 Å². The van der Waals surface area contributed by atoms with E-state index in [1.165, 1.54) is 22.2 Å². The molecule has 0 bridgehead atoms. The van der Waals surface area contributed by atoms with Crippen molar-refractivity contribution in [2.24, 2.45) is 0 Å². The molecule has 0 saturated carbocycles. The molecular formula is C19H13BrN2O2S. The van der Waals surface area contributed by atoms with Crippen LogP contribution in [0, 0.1) is 6.92 Å². The fraction of sp³-hybridized carbons (Fsp3) is 0.105. The van der Waals surface area contributed by atoms with E-state index < -0.39 is 0 Å². The number of thiophene rings is 1. The molecule has 0 aliphatic heterocycles. The molecule has 0 N–H and O–H groups in total. The zero-order chi connectivity index (χ0) is 17.6. The Labute approximate surface area is 155 Å². The van der Waals surface area contributed by atoms with Gasteiger partial charge in [0.15, 0.2) is 5.78 Å². The van der Waals surface area contributed by atoms with Gasteiger partial charge in [0.25, 0.3) is 5.56 Å². The van der Waals surface area contributed by atoms with Gasteiger partial charge in [-0.1, -0.05) is 34.1 Å². The summed E-state index contributed by atoms with van der Waals surface area (Å²) in [6.45, 7) is 1.94. The van der Waals surface area contributed by atoms with E-state index in [1.807, 2.05) is 37.3 Å². The molecule has 4 rings (SSSR count). The molecule has 0 amide bonds. The van der Waals surface area contributed by atoms with Crippen molar-refractivity contribution in [2.45, 2.75) is 13.5 Å². The van der Waals surface area contributed by atoms with Gasteiger partial charge in [0.05, 0.1) is 28.7 Å². The number of halogens is 1. The highest BCUT2D eigenvalue weighted by Crippen LogP contribution is 2.31. The van der Waals surface area contributed by atoms with Crippen LogP contribution in [0.5, 0.6) is 0 Å². The maximum Gasteiger partial charge on any atom is 0.261 e. The van der Waals surface area contributed by atoms with Crippen molar-refractivity contribution in [3.63, 3.8) is 0 Å². The first kappa shape index (κ1) is 16.2.